The van der Waals surface area contributed by atoms with Gasteiger partial charge in [-0.15, -0.1) is 11.8 Å². The number of rotatable bonds is 4. The van der Waals surface area contributed by atoms with Crippen molar-refractivity contribution in [2.45, 2.75) is 25.3 Å². The van der Waals surface area contributed by atoms with E-state index in [1.54, 1.807) is 11.8 Å². The molecule has 1 atom stereocenters. The zero-order valence-corrected chi connectivity index (χ0v) is 10.7. The summed E-state index contributed by atoms with van der Waals surface area (Å²) in [6.45, 7) is 2.05. The third-order valence-corrected chi connectivity index (χ3v) is 4.07. The summed E-state index contributed by atoms with van der Waals surface area (Å²) >= 11 is 1.74. The van der Waals surface area contributed by atoms with Crippen molar-refractivity contribution < 1.29 is 9.59 Å². The molecule has 0 saturated carbocycles. The molecule has 1 unspecified atom stereocenters. The van der Waals surface area contributed by atoms with Gasteiger partial charge in [0.05, 0.1) is 6.04 Å². The van der Waals surface area contributed by atoms with E-state index < -0.39 is 0 Å². The van der Waals surface area contributed by atoms with Gasteiger partial charge in [0.15, 0.2) is 0 Å². The van der Waals surface area contributed by atoms with Crippen LogP contribution in [0.15, 0.2) is 0 Å². The number of thioether (sulfide) groups is 1. The molecule has 0 aliphatic carbocycles. The first kappa shape index (κ1) is 12.7. The van der Waals surface area contributed by atoms with Crippen LogP contribution in [0.5, 0.6) is 0 Å². The average molecular weight is 257 g/mol. The Kier molecular flexibility index (Phi) is 4.67. The van der Waals surface area contributed by atoms with E-state index in [4.69, 9.17) is 0 Å². The highest BCUT2D eigenvalue weighted by Gasteiger charge is 2.22. The molecule has 0 aromatic carbocycles. The van der Waals surface area contributed by atoms with Crippen molar-refractivity contribution in [2.24, 2.45) is 0 Å². The molecule has 96 valence electrons. The van der Waals surface area contributed by atoms with Crippen LogP contribution in [0.3, 0.4) is 0 Å². The number of hydrogen-bond acceptors (Lipinski definition) is 4. The predicted octanol–water partition coefficient (Wildman–Crippen LogP) is -0.222. The topological polar surface area (TPSA) is 61.4 Å². The first-order valence-electron chi connectivity index (χ1n) is 6.14. The van der Waals surface area contributed by atoms with E-state index in [9.17, 15) is 9.59 Å². The van der Waals surface area contributed by atoms with Crippen molar-refractivity contribution in [3.05, 3.63) is 0 Å². The molecule has 17 heavy (non-hydrogen) atoms. The normalized spacial score (nSPS) is 25.1. The number of nitrogens with one attached hydrogen (secondary N) is 2. The maximum atomic E-state index is 11.7. The van der Waals surface area contributed by atoms with Gasteiger partial charge in [-0.25, -0.2) is 0 Å². The molecule has 2 heterocycles. The van der Waals surface area contributed by atoms with Gasteiger partial charge in [-0.1, -0.05) is 0 Å². The van der Waals surface area contributed by atoms with Gasteiger partial charge in [-0.3, -0.25) is 14.9 Å². The molecule has 5 nitrogen and oxygen atoms in total. The van der Waals surface area contributed by atoms with Crippen LogP contribution in [0.1, 0.15) is 19.3 Å². The lowest BCUT2D eigenvalue weighted by Crippen LogP contribution is -2.46. The SMILES string of the molecule is O=C(NCCN1CCCCC1=O)C1CSCN1. The fourth-order valence-electron chi connectivity index (χ4n) is 2.10. The standard InChI is InChI=1S/C11H19N3O2S/c15-10-3-1-2-5-14(10)6-4-12-11(16)9-7-17-8-13-9/h9,13H,1-8H2,(H,12,16). The van der Waals surface area contributed by atoms with Gasteiger partial charge in [0, 0.05) is 37.7 Å². The number of nitrogens with zero attached hydrogens (tertiary/aromatic N) is 1. The minimum Gasteiger partial charge on any atom is -0.353 e. The highest BCUT2D eigenvalue weighted by molar-refractivity contribution is 7.99. The molecule has 0 aromatic rings. The van der Waals surface area contributed by atoms with Crippen LogP contribution in [0.25, 0.3) is 0 Å². The minimum atomic E-state index is -0.0583. The molecular formula is C11H19N3O2S. The second kappa shape index (κ2) is 6.26. The van der Waals surface area contributed by atoms with E-state index in [-0.39, 0.29) is 17.9 Å². The fourth-order valence-corrected chi connectivity index (χ4v) is 3.04. The van der Waals surface area contributed by atoms with Gasteiger partial charge in [0.1, 0.15) is 0 Å². The second-order valence-electron chi connectivity index (χ2n) is 4.40. The first-order chi connectivity index (χ1) is 8.27. The minimum absolute atomic E-state index is 0.0551. The Morgan fingerprint density at radius 2 is 2.41 bits per heavy atom. The summed E-state index contributed by atoms with van der Waals surface area (Å²) in [5, 5.41) is 6.01. The highest BCUT2D eigenvalue weighted by Crippen LogP contribution is 2.10. The van der Waals surface area contributed by atoms with E-state index in [0.717, 1.165) is 31.0 Å². The Balaban J connectivity index is 1.64. The quantitative estimate of drug-likeness (QED) is 0.731. The summed E-state index contributed by atoms with van der Waals surface area (Å²) in [5.74, 6) is 1.97. The number of likely N-dealkylation sites (tertiary alicyclic amines) is 1. The molecule has 2 fully saturated rings. The largest absolute Gasteiger partial charge is 0.353 e. The summed E-state index contributed by atoms with van der Waals surface area (Å²) in [4.78, 5) is 25.0. The van der Waals surface area contributed by atoms with Gasteiger partial charge in [0.2, 0.25) is 11.8 Å². The lowest BCUT2D eigenvalue weighted by Gasteiger charge is -2.26. The molecule has 0 aromatic heterocycles. The van der Waals surface area contributed by atoms with Crippen molar-refractivity contribution in [3.63, 3.8) is 0 Å². The van der Waals surface area contributed by atoms with Crippen LogP contribution in [0.2, 0.25) is 0 Å². The lowest BCUT2D eigenvalue weighted by molar-refractivity contribution is -0.133. The maximum Gasteiger partial charge on any atom is 0.238 e. The van der Waals surface area contributed by atoms with Gasteiger partial charge >= 0.3 is 0 Å². The summed E-state index contributed by atoms with van der Waals surface area (Å²) in [6, 6.07) is -0.0583. The van der Waals surface area contributed by atoms with Crippen molar-refractivity contribution in [1.29, 1.82) is 0 Å². The van der Waals surface area contributed by atoms with E-state index in [0.29, 0.717) is 19.5 Å². The molecule has 2 aliphatic rings. The first-order valence-corrected chi connectivity index (χ1v) is 7.29. The van der Waals surface area contributed by atoms with Crippen LogP contribution in [0.4, 0.5) is 0 Å². The van der Waals surface area contributed by atoms with E-state index in [1.165, 1.54) is 0 Å². The summed E-state index contributed by atoms with van der Waals surface area (Å²) in [6.07, 6.45) is 2.75. The molecule has 0 bridgehead atoms. The smallest absolute Gasteiger partial charge is 0.238 e. The monoisotopic (exact) mass is 257 g/mol. The zero-order valence-electron chi connectivity index (χ0n) is 9.91. The second-order valence-corrected chi connectivity index (χ2v) is 5.43. The van der Waals surface area contributed by atoms with E-state index in [1.807, 2.05) is 4.90 Å². The number of hydrogen-bond donors (Lipinski definition) is 2. The number of piperidine rings is 1. The molecule has 0 spiro atoms. The van der Waals surface area contributed by atoms with Gasteiger partial charge in [-0.05, 0) is 12.8 Å². The van der Waals surface area contributed by atoms with Gasteiger partial charge in [-0.2, -0.15) is 0 Å². The summed E-state index contributed by atoms with van der Waals surface area (Å²) < 4.78 is 0. The van der Waals surface area contributed by atoms with Crippen molar-refractivity contribution in [1.82, 2.24) is 15.5 Å². The summed E-state index contributed by atoms with van der Waals surface area (Å²) in [7, 11) is 0. The Bertz CT molecular complexity index is 292. The van der Waals surface area contributed by atoms with Crippen LogP contribution in [-0.2, 0) is 9.59 Å². The molecule has 2 saturated heterocycles. The molecule has 2 rings (SSSR count). The number of carbonyl (C=O) groups is 2. The molecule has 2 aliphatic heterocycles. The Hall–Kier alpha value is -0.750. The van der Waals surface area contributed by atoms with Crippen LogP contribution < -0.4 is 10.6 Å². The van der Waals surface area contributed by atoms with Crippen molar-refractivity contribution >= 4 is 23.6 Å². The van der Waals surface area contributed by atoms with Gasteiger partial charge < -0.3 is 10.2 Å². The molecule has 0 radical (unpaired) electrons. The molecule has 2 amide bonds. The Labute approximate surface area is 106 Å². The van der Waals surface area contributed by atoms with Crippen LogP contribution >= 0.6 is 11.8 Å². The maximum absolute atomic E-state index is 11.7. The number of carbonyl (C=O) groups excluding carboxylic acids is 2. The molecular weight excluding hydrogens is 238 g/mol. The van der Waals surface area contributed by atoms with Crippen molar-refractivity contribution in [3.8, 4) is 0 Å². The van der Waals surface area contributed by atoms with E-state index >= 15 is 0 Å². The zero-order chi connectivity index (χ0) is 12.1. The lowest BCUT2D eigenvalue weighted by atomic mass is 10.1. The summed E-state index contributed by atoms with van der Waals surface area (Å²) in [5.41, 5.74) is 0. The highest BCUT2D eigenvalue weighted by atomic mass is 32.2. The molecule has 6 heteroatoms. The Morgan fingerprint density at radius 3 is 3.12 bits per heavy atom. The van der Waals surface area contributed by atoms with Crippen molar-refractivity contribution in [2.75, 3.05) is 31.3 Å². The van der Waals surface area contributed by atoms with Crippen LogP contribution in [-0.4, -0.2) is 54.0 Å². The van der Waals surface area contributed by atoms with Crippen LogP contribution in [0, 0.1) is 0 Å². The molecule has 2 N–H and O–H groups in total. The third kappa shape index (κ3) is 3.61. The Morgan fingerprint density at radius 1 is 1.53 bits per heavy atom. The predicted molar refractivity (Wildman–Crippen MR) is 67.7 cm³/mol. The average Bonchev–Trinajstić information content (AvgIpc) is 2.85. The number of amides is 2. The fraction of sp³-hybridized carbons (Fsp3) is 0.818. The van der Waals surface area contributed by atoms with E-state index in [2.05, 4.69) is 10.6 Å². The third-order valence-electron chi connectivity index (χ3n) is 3.14. The van der Waals surface area contributed by atoms with Gasteiger partial charge in [0.25, 0.3) is 0 Å².